The van der Waals surface area contributed by atoms with Gasteiger partial charge in [-0.15, -0.1) is 21.5 Å². The SMILES string of the molecule is CCNCCCc1nnc(CCOCC(F)(F)F)s1. The van der Waals surface area contributed by atoms with Crippen LogP contribution >= 0.6 is 11.3 Å². The van der Waals surface area contributed by atoms with Gasteiger partial charge in [0.25, 0.3) is 0 Å². The summed E-state index contributed by atoms with van der Waals surface area (Å²) in [6.45, 7) is 2.73. The van der Waals surface area contributed by atoms with Gasteiger partial charge in [-0.05, 0) is 19.5 Å². The van der Waals surface area contributed by atoms with E-state index in [-0.39, 0.29) is 6.61 Å². The van der Waals surface area contributed by atoms with Gasteiger partial charge in [-0.2, -0.15) is 13.2 Å². The molecule has 0 aliphatic heterocycles. The highest BCUT2D eigenvalue weighted by Gasteiger charge is 2.27. The molecule has 0 aliphatic carbocycles. The predicted molar refractivity (Wildman–Crippen MR) is 67.4 cm³/mol. The summed E-state index contributed by atoms with van der Waals surface area (Å²) in [5.74, 6) is 0. The van der Waals surface area contributed by atoms with Crippen molar-refractivity contribution in [3.05, 3.63) is 10.0 Å². The maximum absolute atomic E-state index is 11.8. The van der Waals surface area contributed by atoms with Crippen molar-refractivity contribution in [2.75, 3.05) is 26.3 Å². The molecule has 0 aromatic carbocycles. The summed E-state index contributed by atoms with van der Waals surface area (Å²) in [6.07, 6.45) is -2.07. The summed E-state index contributed by atoms with van der Waals surface area (Å²) in [5.41, 5.74) is 0. The van der Waals surface area contributed by atoms with Crippen LogP contribution in [-0.2, 0) is 17.6 Å². The zero-order valence-corrected chi connectivity index (χ0v) is 11.6. The topological polar surface area (TPSA) is 47.0 Å². The Morgan fingerprint density at radius 3 is 2.53 bits per heavy atom. The van der Waals surface area contributed by atoms with E-state index >= 15 is 0 Å². The van der Waals surface area contributed by atoms with Crippen LogP contribution in [0.25, 0.3) is 0 Å². The van der Waals surface area contributed by atoms with Crippen molar-refractivity contribution in [3.63, 3.8) is 0 Å². The lowest BCUT2D eigenvalue weighted by Crippen LogP contribution is -2.17. The van der Waals surface area contributed by atoms with Crippen LogP contribution in [0.15, 0.2) is 0 Å². The van der Waals surface area contributed by atoms with Crippen molar-refractivity contribution in [1.82, 2.24) is 15.5 Å². The standard InChI is InChI=1S/C11H18F3N3OS/c1-2-15-6-3-4-9-16-17-10(19-9)5-7-18-8-11(12,13)14/h15H,2-8H2,1H3. The lowest BCUT2D eigenvalue weighted by Gasteiger charge is -2.05. The van der Waals surface area contributed by atoms with E-state index in [2.05, 4.69) is 20.3 Å². The van der Waals surface area contributed by atoms with Gasteiger partial charge in [0.15, 0.2) is 0 Å². The minimum Gasteiger partial charge on any atom is -0.372 e. The Labute approximate surface area is 114 Å². The van der Waals surface area contributed by atoms with Gasteiger partial charge in [-0.1, -0.05) is 6.92 Å². The molecule has 110 valence electrons. The average Bonchev–Trinajstić information content (AvgIpc) is 2.77. The molecule has 4 nitrogen and oxygen atoms in total. The first kappa shape index (κ1) is 16.3. The predicted octanol–water partition coefficient (Wildman–Crippen LogP) is 2.20. The molecule has 1 aromatic heterocycles. The van der Waals surface area contributed by atoms with Crippen molar-refractivity contribution in [2.45, 2.75) is 32.4 Å². The number of nitrogens with one attached hydrogen (secondary N) is 1. The zero-order chi connectivity index (χ0) is 14.1. The molecule has 1 rings (SSSR count). The Bertz CT molecular complexity index is 357. The number of hydrogen-bond acceptors (Lipinski definition) is 5. The summed E-state index contributed by atoms with van der Waals surface area (Å²) in [7, 11) is 0. The first-order valence-corrected chi connectivity index (χ1v) is 6.99. The van der Waals surface area contributed by atoms with Crippen molar-refractivity contribution < 1.29 is 17.9 Å². The van der Waals surface area contributed by atoms with Gasteiger partial charge >= 0.3 is 6.18 Å². The smallest absolute Gasteiger partial charge is 0.372 e. The second-order valence-corrected chi connectivity index (χ2v) is 5.11. The van der Waals surface area contributed by atoms with E-state index in [0.29, 0.717) is 6.42 Å². The number of rotatable bonds is 9. The van der Waals surface area contributed by atoms with Crippen LogP contribution in [-0.4, -0.2) is 42.7 Å². The van der Waals surface area contributed by atoms with Gasteiger partial charge in [0.05, 0.1) is 6.61 Å². The lowest BCUT2D eigenvalue weighted by molar-refractivity contribution is -0.173. The molecule has 0 unspecified atom stereocenters. The third-order valence-corrected chi connectivity index (χ3v) is 3.27. The Hall–Kier alpha value is -0.730. The Morgan fingerprint density at radius 2 is 1.89 bits per heavy atom. The van der Waals surface area contributed by atoms with E-state index in [9.17, 15) is 13.2 Å². The molecule has 0 saturated heterocycles. The third kappa shape index (κ3) is 8.12. The van der Waals surface area contributed by atoms with Gasteiger partial charge in [0, 0.05) is 12.8 Å². The molecular formula is C11H18F3N3OS. The molecule has 1 N–H and O–H groups in total. The number of hydrogen-bond donors (Lipinski definition) is 1. The molecule has 0 aliphatic rings. The van der Waals surface area contributed by atoms with E-state index in [1.54, 1.807) is 0 Å². The molecule has 0 amide bonds. The molecule has 1 heterocycles. The second kappa shape index (κ2) is 8.44. The number of halogens is 3. The summed E-state index contributed by atoms with van der Waals surface area (Å²) >= 11 is 1.44. The minimum atomic E-state index is -4.27. The fourth-order valence-electron chi connectivity index (χ4n) is 1.38. The Morgan fingerprint density at radius 1 is 1.21 bits per heavy atom. The monoisotopic (exact) mass is 297 g/mol. The fraction of sp³-hybridized carbons (Fsp3) is 0.818. The van der Waals surface area contributed by atoms with E-state index in [1.165, 1.54) is 11.3 Å². The van der Waals surface area contributed by atoms with Crippen molar-refractivity contribution in [1.29, 1.82) is 0 Å². The molecule has 0 bridgehead atoms. The summed E-state index contributed by atoms with van der Waals surface area (Å²) in [6, 6.07) is 0. The van der Waals surface area contributed by atoms with Gasteiger partial charge in [0.2, 0.25) is 0 Å². The highest BCUT2D eigenvalue weighted by Crippen LogP contribution is 2.15. The maximum atomic E-state index is 11.8. The van der Waals surface area contributed by atoms with Crippen LogP contribution in [0.2, 0.25) is 0 Å². The second-order valence-electron chi connectivity index (χ2n) is 3.96. The number of ether oxygens (including phenoxy) is 1. The lowest BCUT2D eigenvalue weighted by atomic mass is 10.3. The first-order valence-electron chi connectivity index (χ1n) is 6.17. The Balaban J connectivity index is 2.16. The van der Waals surface area contributed by atoms with Crippen molar-refractivity contribution >= 4 is 11.3 Å². The van der Waals surface area contributed by atoms with Gasteiger partial charge in [-0.3, -0.25) is 0 Å². The highest BCUT2D eigenvalue weighted by atomic mass is 32.1. The van der Waals surface area contributed by atoms with Crippen LogP contribution in [0.4, 0.5) is 13.2 Å². The van der Waals surface area contributed by atoms with Gasteiger partial charge < -0.3 is 10.1 Å². The molecule has 1 aromatic rings. The van der Waals surface area contributed by atoms with Crippen LogP contribution in [0.5, 0.6) is 0 Å². The molecule has 8 heteroatoms. The number of aromatic nitrogens is 2. The summed E-state index contributed by atoms with van der Waals surface area (Å²) in [5, 5.41) is 12.8. The third-order valence-electron chi connectivity index (χ3n) is 2.23. The molecule has 0 atom stereocenters. The molecule has 0 radical (unpaired) electrons. The van der Waals surface area contributed by atoms with E-state index < -0.39 is 12.8 Å². The normalized spacial score (nSPS) is 12.0. The summed E-state index contributed by atoms with van der Waals surface area (Å²) in [4.78, 5) is 0. The number of alkyl halides is 3. The quantitative estimate of drug-likeness (QED) is 0.710. The molecular weight excluding hydrogens is 279 g/mol. The van der Waals surface area contributed by atoms with Gasteiger partial charge in [0.1, 0.15) is 16.6 Å². The van der Waals surface area contributed by atoms with Crippen LogP contribution in [0.1, 0.15) is 23.4 Å². The molecule has 0 fully saturated rings. The van der Waals surface area contributed by atoms with E-state index in [0.717, 1.165) is 35.9 Å². The number of aryl methyl sites for hydroxylation is 1. The molecule has 0 spiro atoms. The molecule has 0 saturated carbocycles. The van der Waals surface area contributed by atoms with E-state index in [4.69, 9.17) is 0 Å². The van der Waals surface area contributed by atoms with Crippen LogP contribution in [0.3, 0.4) is 0 Å². The van der Waals surface area contributed by atoms with Crippen LogP contribution < -0.4 is 5.32 Å². The zero-order valence-electron chi connectivity index (χ0n) is 10.8. The largest absolute Gasteiger partial charge is 0.411 e. The Kier molecular flexibility index (Phi) is 7.25. The minimum absolute atomic E-state index is 0.0194. The van der Waals surface area contributed by atoms with Crippen molar-refractivity contribution in [3.8, 4) is 0 Å². The molecule has 19 heavy (non-hydrogen) atoms. The van der Waals surface area contributed by atoms with Crippen LogP contribution in [0, 0.1) is 0 Å². The maximum Gasteiger partial charge on any atom is 0.411 e. The highest BCUT2D eigenvalue weighted by molar-refractivity contribution is 7.11. The first-order chi connectivity index (χ1) is 9.01. The van der Waals surface area contributed by atoms with E-state index in [1.807, 2.05) is 6.92 Å². The fourth-order valence-corrected chi connectivity index (χ4v) is 2.25. The number of nitrogens with zero attached hydrogens (tertiary/aromatic N) is 2. The van der Waals surface area contributed by atoms with Gasteiger partial charge in [-0.25, -0.2) is 0 Å². The van der Waals surface area contributed by atoms with Crippen molar-refractivity contribution in [2.24, 2.45) is 0 Å². The summed E-state index contributed by atoms with van der Waals surface area (Å²) < 4.78 is 40.0. The average molecular weight is 297 g/mol.